The van der Waals surface area contributed by atoms with Gasteiger partial charge in [0.15, 0.2) is 0 Å². The molecule has 3 heterocycles. The van der Waals surface area contributed by atoms with Crippen LogP contribution in [-0.4, -0.2) is 17.6 Å². The number of anilines is 2. The third-order valence-electron chi connectivity index (χ3n) is 13.0. The Morgan fingerprint density at radius 3 is 2.05 bits per heavy atom. The minimum Gasteiger partial charge on any atom is -0.310 e. The highest BCUT2D eigenvalue weighted by Gasteiger charge is 2.37. The number of nitriles is 1. The lowest BCUT2D eigenvalue weighted by molar-refractivity contribution is 0.591. The normalized spacial score (nSPS) is 14.2. The fourth-order valence-corrected chi connectivity index (χ4v) is 11.2. The van der Waals surface area contributed by atoms with Gasteiger partial charge < -0.3 is 14.0 Å². The molecule has 64 heavy (non-hydrogen) atoms. The molecule has 1 aliphatic heterocycles. The van der Waals surface area contributed by atoms with Crippen LogP contribution in [0.3, 0.4) is 0 Å². The van der Waals surface area contributed by atoms with Crippen molar-refractivity contribution in [2.24, 2.45) is 0 Å². The van der Waals surface area contributed by atoms with Crippen molar-refractivity contribution in [1.82, 2.24) is 9.13 Å². The Balaban J connectivity index is 1.37. The van der Waals surface area contributed by atoms with Gasteiger partial charge in [0.1, 0.15) is 0 Å². The van der Waals surface area contributed by atoms with Gasteiger partial charge in [-0.1, -0.05) is 120 Å². The van der Waals surface area contributed by atoms with E-state index < -0.39 is 15.3 Å². The van der Waals surface area contributed by atoms with E-state index in [9.17, 15) is 5.26 Å². The van der Waals surface area contributed by atoms with E-state index in [1.54, 1.807) is 24.3 Å². The van der Waals surface area contributed by atoms with Crippen LogP contribution < -0.4 is 4.90 Å². The maximum atomic E-state index is 15.1. The number of hydrogen-bond donors (Lipinski definition) is 0. The Morgan fingerprint density at radius 1 is 0.656 bits per heavy atom. The fraction of sp³-hybridized carbons (Fsp3) is 0.140. The standard InChI is InChI=1S/C57H48N4O2S/c1-8-17-51-47(9-2)57(6,7)48-21-14-16-23-52(48)60(51)41-33-40(34-43(35-41)64(62,63)42-27-24-37(36-58)25-28-42)59-50-30-26-38(56(3,4)5)32-46(50)54-53(59)31-29-45-44-20-13-15-22-49(44)61(55(45)54)39-18-11-10-12-19-39/h8-35H,2H2,1,3-7H3/b17-8-. The molecule has 0 saturated heterocycles. The molecule has 0 spiro atoms. The zero-order chi connectivity index (χ0) is 44.7. The molecule has 2 aromatic heterocycles. The second-order valence-electron chi connectivity index (χ2n) is 18.2. The number of hydrogen-bond acceptors (Lipinski definition) is 4. The van der Waals surface area contributed by atoms with Crippen molar-refractivity contribution < 1.29 is 8.42 Å². The molecule has 7 aromatic carbocycles. The number of rotatable bonds is 7. The van der Waals surface area contributed by atoms with E-state index in [0.29, 0.717) is 16.9 Å². The largest absolute Gasteiger partial charge is 0.310 e. The summed E-state index contributed by atoms with van der Waals surface area (Å²) >= 11 is 0. The predicted molar refractivity (Wildman–Crippen MR) is 264 cm³/mol. The Hall–Kier alpha value is -7.40. The summed E-state index contributed by atoms with van der Waals surface area (Å²) in [6.45, 7) is 17.4. The maximum absolute atomic E-state index is 15.1. The van der Waals surface area contributed by atoms with Crippen LogP contribution in [0.1, 0.15) is 58.2 Å². The summed E-state index contributed by atoms with van der Waals surface area (Å²) in [6, 6.07) is 52.5. The van der Waals surface area contributed by atoms with E-state index in [1.165, 1.54) is 17.7 Å². The highest BCUT2D eigenvalue weighted by molar-refractivity contribution is 7.91. The van der Waals surface area contributed by atoms with Crippen molar-refractivity contribution in [3.63, 3.8) is 0 Å². The van der Waals surface area contributed by atoms with Gasteiger partial charge in [0.2, 0.25) is 9.84 Å². The molecule has 1 aliphatic rings. The predicted octanol–water partition coefficient (Wildman–Crippen LogP) is 14.3. The molecule has 6 nitrogen and oxygen atoms in total. The van der Waals surface area contributed by atoms with Gasteiger partial charge in [-0.15, -0.1) is 0 Å². The van der Waals surface area contributed by atoms with Crippen molar-refractivity contribution >= 4 is 64.8 Å². The van der Waals surface area contributed by atoms with Gasteiger partial charge in [-0.25, -0.2) is 8.42 Å². The zero-order valence-electron chi connectivity index (χ0n) is 36.9. The van der Waals surface area contributed by atoms with Crippen LogP contribution >= 0.6 is 0 Å². The molecule has 10 rings (SSSR count). The van der Waals surface area contributed by atoms with Crippen LogP contribution in [0.5, 0.6) is 0 Å². The highest BCUT2D eigenvalue weighted by atomic mass is 32.2. The lowest BCUT2D eigenvalue weighted by Gasteiger charge is -2.42. The van der Waals surface area contributed by atoms with E-state index in [4.69, 9.17) is 0 Å². The summed E-state index contributed by atoms with van der Waals surface area (Å²) in [5.74, 6) is 0. The van der Waals surface area contributed by atoms with Crippen molar-refractivity contribution in [3.8, 4) is 17.4 Å². The van der Waals surface area contributed by atoms with Crippen LogP contribution in [0, 0.1) is 11.3 Å². The third-order valence-corrected chi connectivity index (χ3v) is 14.7. The smallest absolute Gasteiger partial charge is 0.206 e. The number of nitrogens with zero attached hydrogens (tertiary/aromatic N) is 4. The van der Waals surface area contributed by atoms with Crippen LogP contribution in [0.2, 0.25) is 0 Å². The van der Waals surface area contributed by atoms with Crippen LogP contribution in [0.4, 0.5) is 11.4 Å². The van der Waals surface area contributed by atoms with Crippen molar-refractivity contribution in [1.29, 1.82) is 5.26 Å². The number of sulfone groups is 1. The van der Waals surface area contributed by atoms with Gasteiger partial charge in [-0.3, -0.25) is 0 Å². The Labute approximate surface area is 374 Å². The number of fused-ring (bicyclic) bond motifs is 8. The average molecular weight is 853 g/mol. The third kappa shape index (κ3) is 6.16. The molecule has 0 bridgehead atoms. The molecule has 0 amide bonds. The van der Waals surface area contributed by atoms with Gasteiger partial charge in [0.05, 0.1) is 49.2 Å². The zero-order valence-corrected chi connectivity index (χ0v) is 37.7. The summed E-state index contributed by atoms with van der Waals surface area (Å²) in [4.78, 5) is 2.42. The van der Waals surface area contributed by atoms with Gasteiger partial charge in [-0.05, 0) is 120 Å². The second-order valence-corrected chi connectivity index (χ2v) is 20.1. The molecule has 7 heteroatoms. The summed E-state index contributed by atoms with van der Waals surface area (Å²) in [6.07, 6.45) is 6.03. The molecule has 0 N–H and O–H groups in total. The van der Waals surface area contributed by atoms with Gasteiger partial charge in [0.25, 0.3) is 0 Å². The average Bonchev–Trinajstić information content (AvgIpc) is 3.82. The molecule has 0 radical (unpaired) electrons. The van der Waals surface area contributed by atoms with Crippen LogP contribution in [0.25, 0.3) is 55.0 Å². The minimum absolute atomic E-state index is 0.108. The maximum Gasteiger partial charge on any atom is 0.206 e. The van der Waals surface area contributed by atoms with Gasteiger partial charge in [-0.2, -0.15) is 5.26 Å². The lowest BCUT2D eigenvalue weighted by Crippen LogP contribution is -2.33. The molecule has 314 valence electrons. The van der Waals surface area contributed by atoms with Crippen LogP contribution in [0.15, 0.2) is 198 Å². The molecular formula is C57H48N4O2S. The molecule has 0 saturated carbocycles. The summed E-state index contributed by atoms with van der Waals surface area (Å²) in [5, 5.41) is 14.0. The quantitative estimate of drug-likeness (QED) is 0.160. The lowest BCUT2D eigenvalue weighted by atomic mass is 9.73. The van der Waals surface area contributed by atoms with Gasteiger partial charge >= 0.3 is 0 Å². The van der Waals surface area contributed by atoms with Crippen molar-refractivity contribution in [2.75, 3.05) is 4.90 Å². The van der Waals surface area contributed by atoms with E-state index >= 15 is 8.42 Å². The number of para-hydroxylation sites is 3. The Morgan fingerprint density at radius 2 is 1.33 bits per heavy atom. The molecular weight excluding hydrogens is 805 g/mol. The number of benzene rings is 7. The number of allylic oxidation sites excluding steroid dienone is 4. The Bertz CT molecular complexity index is 3610. The fourth-order valence-electron chi connectivity index (χ4n) is 9.85. The van der Waals surface area contributed by atoms with Crippen molar-refractivity contribution in [3.05, 3.63) is 204 Å². The summed E-state index contributed by atoms with van der Waals surface area (Å²) in [7, 11) is -4.12. The summed E-state index contributed by atoms with van der Waals surface area (Å²) in [5.41, 5.74) is 11.6. The monoisotopic (exact) mass is 852 g/mol. The van der Waals surface area contributed by atoms with E-state index in [-0.39, 0.29) is 15.2 Å². The first-order chi connectivity index (χ1) is 30.8. The van der Waals surface area contributed by atoms with E-state index in [0.717, 1.165) is 71.8 Å². The Kier molecular flexibility index (Phi) is 9.44. The van der Waals surface area contributed by atoms with E-state index in [1.807, 2.05) is 31.2 Å². The summed E-state index contributed by atoms with van der Waals surface area (Å²) < 4.78 is 34.7. The SMILES string of the molecule is C=CC1=C(/C=C\C)N(c2cc(-n3c4ccc(C(C)(C)C)cc4c4c3ccc3c5ccccc5n(-c5ccccc5)c34)cc(S(=O)(=O)c3ccc(C#N)cc3)c2)c2ccccc2C1(C)C. The molecule has 9 aromatic rings. The molecule has 0 atom stereocenters. The van der Waals surface area contributed by atoms with Crippen molar-refractivity contribution in [2.45, 2.75) is 62.2 Å². The first-order valence-corrected chi connectivity index (χ1v) is 23.1. The molecule has 0 unspecified atom stereocenters. The first kappa shape index (κ1) is 40.7. The molecule has 0 aliphatic carbocycles. The first-order valence-electron chi connectivity index (χ1n) is 21.6. The topological polar surface area (TPSA) is 71.0 Å². The van der Waals surface area contributed by atoms with Gasteiger partial charge in [0, 0.05) is 49.7 Å². The second kappa shape index (κ2) is 14.9. The van der Waals surface area contributed by atoms with Crippen LogP contribution in [-0.2, 0) is 20.7 Å². The number of aromatic nitrogens is 2. The highest BCUT2D eigenvalue weighted by Crippen LogP contribution is 2.50. The minimum atomic E-state index is -4.12. The van der Waals surface area contributed by atoms with E-state index in [2.05, 4.69) is 171 Å². The molecule has 0 fully saturated rings.